The molecule has 1 heterocycles. The number of nitrogens with one attached hydrogen (secondary N) is 1. The number of amides is 2. The minimum atomic E-state index is -0.538. The Morgan fingerprint density at radius 3 is 2.68 bits per heavy atom. The third-order valence-corrected chi connectivity index (χ3v) is 6.61. The number of hydrogen-bond acceptors (Lipinski definition) is 3. The fraction of sp³-hybridized carbons (Fsp3) is 0.565. The lowest BCUT2D eigenvalue weighted by atomic mass is 9.73. The van der Waals surface area contributed by atoms with Crippen molar-refractivity contribution in [3.05, 3.63) is 41.5 Å². The highest BCUT2D eigenvalue weighted by Gasteiger charge is 2.52. The highest BCUT2D eigenvalue weighted by Crippen LogP contribution is 2.44. The molecule has 28 heavy (non-hydrogen) atoms. The molecule has 1 saturated carbocycles. The van der Waals surface area contributed by atoms with Crippen molar-refractivity contribution in [1.82, 2.24) is 10.2 Å². The first-order valence-electron chi connectivity index (χ1n) is 10.6. The van der Waals surface area contributed by atoms with Gasteiger partial charge < -0.3 is 15.3 Å². The second-order valence-corrected chi connectivity index (χ2v) is 8.25. The Bertz CT molecular complexity index is 791. The van der Waals surface area contributed by atoms with Crippen LogP contribution in [-0.4, -0.2) is 40.8 Å². The standard InChI is InChI=1S/C23H29N3O2/c24-14-20-22(19-13-7-6-12-18(19)16-8-4-5-9-16)21(15-27)26(20)23(28)25-17-10-2-1-3-11-17/h6-8,12-13,17,20-22,27H,1-5,9-11,15H2,(H,25,28)/t20-,21+,22+/m1/s1. The van der Waals surface area contributed by atoms with Crippen LogP contribution in [0.2, 0.25) is 0 Å². The molecular weight excluding hydrogens is 350 g/mol. The Balaban J connectivity index is 1.56. The van der Waals surface area contributed by atoms with E-state index in [1.165, 1.54) is 17.6 Å². The van der Waals surface area contributed by atoms with Crippen LogP contribution in [-0.2, 0) is 0 Å². The average Bonchev–Trinajstić information content (AvgIpc) is 3.24. The van der Waals surface area contributed by atoms with E-state index >= 15 is 0 Å². The molecule has 2 fully saturated rings. The number of carbonyl (C=O) groups is 1. The number of allylic oxidation sites excluding steroid dienone is 2. The monoisotopic (exact) mass is 379 g/mol. The number of nitriles is 1. The Morgan fingerprint density at radius 2 is 2.00 bits per heavy atom. The summed E-state index contributed by atoms with van der Waals surface area (Å²) in [6.07, 6.45) is 11.1. The van der Waals surface area contributed by atoms with E-state index in [9.17, 15) is 15.2 Å². The van der Waals surface area contributed by atoms with Crippen LogP contribution in [0.1, 0.15) is 68.4 Å². The molecule has 3 aliphatic rings. The highest BCUT2D eigenvalue weighted by molar-refractivity contribution is 5.78. The number of carbonyl (C=O) groups excluding carboxylic acids is 1. The maximum atomic E-state index is 12.9. The van der Waals surface area contributed by atoms with Gasteiger partial charge in [0.05, 0.1) is 18.7 Å². The molecule has 0 spiro atoms. The summed E-state index contributed by atoms with van der Waals surface area (Å²) < 4.78 is 0. The minimum Gasteiger partial charge on any atom is -0.394 e. The maximum absolute atomic E-state index is 12.9. The molecule has 5 nitrogen and oxygen atoms in total. The van der Waals surface area contributed by atoms with Crippen molar-refractivity contribution in [3.63, 3.8) is 0 Å². The van der Waals surface area contributed by atoms with Crippen LogP contribution in [0.5, 0.6) is 0 Å². The molecule has 1 aromatic carbocycles. The molecule has 2 aliphatic carbocycles. The van der Waals surface area contributed by atoms with Gasteiger partial charge in [-0.05, 0) is 48.8 Å². The molecule has 0 aromatic heterocycles. The number of rotatable bonds is 4. The second-order valence-electron chi connectivity index (χ2n) is 8.25. The zero-order valence-electron chi connectivity index (χ0n) is 16.3. The van der Waals surface area contributed by atoms with Crippen molar-refractivity contribution in [3.8, 4) is 6.07 Å². The molecule has 1 aromatic rings. The van der Waals surface area contributed by atoms with Crippen molar-refractivity contribution in [2.75, 3.05) is 6.61 Å². The number of hydrogen-bond donors (Lipinski definition) is 2. The van der Waals surface area contributed by atoms with Crippen molar-refractivity contribution in [2.24, 2.45) is 0 Å². The van der Waals surface area contributed by atoms with Crippen molar-refractivity contribution < 1.29 is 9.90 Å². The van der Waals surface area contributed by atoms with Crippen LogP contribution >= 0.6 is 0 Å². The van der Waals surface area contributed by atoms with Gasteiger partial charge in [-0.25, -0.2) is 4.79 Å². The van der Waals surface area contributed by atoms with Crippen LogP contribution in [0.4, 0.5) is 4.79 Å². The first-order chi connectivity index (χ1) is 13.7. The fourth-order valence-corrected chi connectivity index (χ4v) is 5.15. The van der Waals surface area contributed by atoms with Gasteiger partial charge in [0, 0.05) is 12.0 Å². The Morgan fingerprint density at radius 1 is 1.21 bits per heavy atom. The fourth-order valence-electron chi connectivity index (χ4n) is 5.15. The topological polar surface area (TPSA) is 76.4 Å². The third-order valence-electron chi connectivity index (χ3n) is 6.61. The van der Waals surface area contributed by atoms with Gasteiger partial charge in [0.1, 0.15) is 6.04 Å². The third kappa shape index (κ3) is 3.42. The molecule has 1 saturated heterocycles. The predicted molar refractivity (Wildman–Crippen MR) is 109 cm³/mol. The van der Waals surface area contributed by atoms with Crippen LogP contribution in [0.3, 0.4) is 0 Å². The molecule has 4 rings (SSSR count). The van der Waals surface area contributed by atoms with E-state index in [1.54, 1.807) is 4.90 Å². The van der Waals surface area contributed by atoms with E-state index in [0.717, 1.165) is 50.5 Å². The molecule has 2 amide bonds. The summed E-state index contributed by atoms with van der Waals surface area (Å²) in [5.74, 6) is -0.148. The van der Waals surface area contributed by atoms with Gasteiger partial charge in [-0.1, -0.05) is 49.6 Å². The lowest BCUT2D eigenvalue weighted by Gasteiger charge is -2.52. The molecule has 0 bridgehead atoms. The second kappa shape index (κ2) is 8.36. The van der Waals surface area contributed by atoms with Crippen LogP contribution in [0.15, 0.2) is 30.3 Å². The van der Waals surface area contributed by atoms with E-state index < -0.39 is 6.04 Å². The first-order valence-corrected chi connectivity index (χ1v) is 10.6. The summed E-state index contributed by atoms with van der Waals surface area (Å²) in [7, 11) is 0. The van der Waals surface area contributed by atoms with Crippen molar-refractivity contribution >= 4 is 11.6 Å². The van der Waals surface area contributed by atoms with Gasteiger partial charge in [0.2, 0.25) is 0 Å². The van der Waals surface area contributed by atoms with E-state index in [2.05, 4.69) is 29.6 Å². The van der Waals surface area contributed by atoms with Crippen LogP contribution in [0.25, 0.3) is 5.57 Å². The number of nitrogens with zero attached hydrogens (tertiary/aromatic N) is 2. The normalized spacial score (nSPS) is 27.6. The molecular formula is C23H29N3O2. The smallest absolute Gasteiger partial charge is 0.319 e. The maximum Gasteiger partial charge on any atom is 0.319 e. The van der Waals surface area contributed by atoms with Gasteiger partial charge in [-0.2, -0.15) is 5.26 Å². The number of aliphatic hydroxyl groups excluding tert-OH is 1. The molecule has 3 atom stereocenters. The van der Waals surface area contributed by atoms with Crippen LogP contribution in [0, 0.1) is 11.3 Å². The number of likely N-dealkylation sites (tertiary alicyclic amines) is 1. The van der Waals surface area contributed by atoms with Gasteiger partial charge in [0.25, 0.3) is 0 Å². The average molecular weight is 380 g/mol. The number of urea groups is 1. The number of benzene rings is 1. The van der Waals surface area contributed by atoms with Crippen LogP contribution < -0.4 is 5.32 Å². The van der Waals surface area contributed by atoms with Gasteiger partial charge in [-0.3, -0.25) is 0 Å². The quantitative estimate of drug-likeness (QED) is 0.832. The zero-order valence-corrected chi connectivity index (χ0v) is 16.3. The van der Waals surface area contributed by atoms with Crippen molar-refractivity contribution in [1.29, 1.82) is 5.26 Å². The lowest BCUT2D eigenvalue weighted by Crippen LogP contribution is -2.68. The Hall–Kier alpha value is -2.32. The zero-order chi connectivity index (χ0) is 19.5. The highest BCUT2D eigenvalue weighted by atomic mass is 16.3. The predicted octanol–water partition coefficient (Wildman–Crippen LogP) is 3.95. The Kier molecular flexibility index (Phi) is 5.68. The molecule has 148 valence electrons. The summed E-state index contributed by atoms with van der Waals surface area (Å²) in [5.41, 5.74) is 3.59. The van der Waals surface area contributed by atoms with E-state index in [1.807, 2.05) is 12.1 Å². The minimum absolute atomic E-state index is 0.131. The Labute approximate surface area is 167 Å². The van der Waals surface area contributed by atoms with Gasteiger partial charge in [-0.15, -0.1) is 0 Å². The van der Waals surface area contributed by atoms with E-state index in [-0.39, 0.29) is 30.6 Å². The summed E-state index contributed by atoms with van der Waals surface area (Å²) in [6.45, 7) is -0.131. The lowest BCUT2D eigenvalue weighted by molar-refractivity contribution is 0.0152. The summed E-state index contributed by atoms with van der Waals surface area (Å²) in [5, 5.41) is 23.0. The van der Waals surface area contributed by atoms with Gasteiger partial charge >= 0.3 is 6.03 Å². The molecule has 1 aliphatic heterocycles. The summed E-state index contributed by atoms with van der Waals surface area (Å²) >= 11 is 0. The summed E-state index contributed by atoms with van der Waals surface area (Å²) in [6, 6.07) is 9.62. The van der Waals surface area contributed by atoms with E-state index in [4.69, 9.17) is 0 Å². The molecule has 2 N–H and O–H groups in total. The van der Waals surface area contributed by atoms with E-state index in [0.29, 0.717) is 0 Å². The SMILES string of the molecule is N#C[C@@H]1[C@H](c2ccccc2C2=CCCC2)[C@H](CO)N1C(=O)NC1CCCCC1. The number of aliphatic hydroxyl groups is 1. The first kappa shape index (κ1) is 19.0. The summed E-state index contributed by atoms with van der Waals surface area (Å²) in [4.78, 5) is 14.5. The molecule has 0 unspecified atom stereocenters. The molecule has 5 heteroatoms. The largest absolute Gasteiger partial charge is 0.394 e. The molecule has 0 radical (unpaired) electrons. The van der Waals surface area contributed by atoms with Crippen molar-refractivity contribution in [2.45, 2.75) is 75.4 Å². The van der Waals surface area contributed by atoms with Gasteiger partial charge in [0.15, 0.2) is 0 Å².